The highest BCUT2D eigenvalue weighted by atomic mass is 35.5. The number of esters is 1. The Kier molecular flexibility index (Phi) is 12.7. The van der Waals surface area contributed by atoms with Crippen molar-refractivity contribution in [1.29, 1.82) is 0 Å². The molecule has 1 aromatic carbocycles. The number of hydrogen-bond donors (Lipinski definition) is 3. The molecule has 1 aromatic rings. The Balaban J connectivity index is 0.996. The summed E-state index contributed by atoms with van der Waals surface area (Å²) in [5, 5.41) is 26.5. The summed E-state index contributed by atoms with van der Waals surface area (Å²) in [5.74, 6) is -0.288. The van der Waals surface area contributed by atoms with Gasteiger partial charge in [-0.2, -0.15) is 0 Å². The van der Waals surface area contributed by atoms with E-state index < -0.39 is 34.7 Å². The number of aliphatic carboxylic acids is 1. The number of carbonyl (C=O) groups is 3. The van der Waals surface area contributed by atoms with Crippen molar-refractivity contribution < 1.29 is 38.8 Å². The SMILES string of the molecule is CC(C)C1=C2[C@H]3CC[C@@H]4[C@@]5(C)CC[C@H](OC(=O)[C@H]6C[C@@H](C(=O)O)C6(C)C)C(C)(C)[C@]5(C)CC[C@@]4(C)[C@]3(C)CC[C@@]2([C@@H](O)CNCc2ccc(Cl)cc2OCCN2CCOCC2)CC1=O. The average molecular weight is 908 g/mol. The summed E-state index contributed by atoms with van der Waals surface area (Å²) < 4.78 is 18.3. The number of aliphatic hydroxyl groups excluding tert-OH is 1. The Labute approximate surface area is 388 Å². The van der Waals surface area contributed by atoms with Gasteiger partial charge in [0.15, 0.2) is 5.78 Å². The quantitative estimate of drug-likeness (QED) is 0.164. The van der Waals surface area contributed by atoms with Crippen LogP contribution in [0, 0.1) is 67.5 Å². The summed E-state index contributed by atoms with van der Waals surface area (Å²) in [5.41, 5.74) is 1.58. The van der Waals surface area contributed by atoms with Crippen LogP contribution >= 0.6 is 11.6 Å². The number of rotatable bonds is 13. The zero-order valence-corrected chi connectivity index (χ0v) is 41.4. The number of allylic oxidation sites excluding steroid dienone is 1. The zero-order chi connectivity index (χ0) is 46.4. The number of morpholine rings is 1. The number of nitrogens with zero attached hydrogens (tertiary/aromatic N) is 1. The van der Waals surface area contributed by atoms with Gasteiger partial charge in [0.1, 0.15) is 18.5 Å². The third-order valence-electron chi connectivity index (χ3n) is 20.7. The monoisotopic (exact) mass is 907 g/mol. The number of ether oxygens (including phenoxy) is 3. The lowest BCUT2D eigenvalue weighted by Gasteiger charge is -2.75. The van der Waals surface area contributed by atoms with E-state index in [1.165, 1.54) is 5.57 Å². The van der Waals surface area contributed by atoms with Crippen molar-refractivity contribution in [2.45, 2.75) is 152 Å². The molecule has 8 rings (SSSR count). The smallest absolute Gasteiger partial charge is 0.309 e. The molecule has 356 valence electrons. The number of carbonyl (C=O) groups excluding carboxylic acids is 2. The lowest BCUT2D eigenvalue weighted by molar-refractivity contribution is -0.273. The molecule has 0 amide bonds. The topological polar surface area (TPSA) is 135 Å². The molecule has 0 bridgehead atoms. The van der Waals surface area contributed by atoms with Crippen LogP contribution < -0.4 is 10.1 Å². The Hall–Kier alpha value is -2.50. The van der Waals surface area contributed by atoms with Gasteiger partial charge in [-0.15, -0.1) is 0 Å². The summed E-state index contributed by atoms with van der Waals surface area (Å²) in [6.45, 7) is 28.5. The third-order valence-corrected chi connectivity index (χ3v) is 21.0. The fourth-order valence-corrected chi connectivity index (χ4v) is 16.0. The van der Waals surface area contributed by atoms with E-state index >= 15 is 0 Å². The van der Waals surface area contributed by atoms with Gasteiger partial charge in [0.05, 0.1) is 31.2 Å². The highest BCUT2D eigenvalue weighted by molar-refractivity contribution is 6.30. The molecule has 11 atom stereocenters. The largest absolute Gasteiger partial charge is 0.492 e. The molecular formula is C53H79ClN2O8. The van der Waals surface area contributed by atoms with Gasteiger partial charge in [-0.25, -0.2) is 0 Å². The Morgan fingerprint density at radius 3 is 2.30 bits per heavy atom. The maximum absolute atomic E-state index is 14.3. The molecule has 6 aliphatic carbocycles. The number of carboxylic acid groups (broad SMARTS) is 1. The zero-order valence-electron chi connectivity index (χ0n) is 40.7. The number of nitrogens with one attached hydrogen (secondary N) is 1. The van der Waals surface area contributed by atoms with Crippen molar-refractivity contribution in [2.75, 3.05) is 46.0 Å². The third kappa shape index (κ3) is 7.26. The van der Waals surface area contributed by atoms with Gasteiger partial charge in [0, 0.05) is 60.6 Å². The van der Waals surface area contributed by atoms with E-state index in [0.717, 1.165) is 101 Å². The van der Waals surface area contributed by atoms with Crippen LogP contribution in [-0.2, 0) is 30.4 Å². The van der Waals surface area contributed by atoms with Crippen LogP contribution in [0.3, 0.4) is 0 Å². The summed E-state index contributed by atoms with van der Waals surface area (Å²) in [4.78, 5) is 42.4. The molecule has 3 N–H and O–H groups in total. The van der Waals surface area contributed by atoms with Crippen LogP contribution in [0.1, 0.15) is 139 Å². The van der Waals surface area contributed by atoms with Crippen LogP contribution in [0.4, 0.5) is 0 Å². The van der Waals surface area contributed by atoms with Crippen molar-refractivity contribution >= 4 is 29.3 Å². The van der Waals surface area contributed by atoms with Gasteiger partial charge in [0.2, 0.25) is 0 Å². The van der Waals surface area contributed by atoms with Gasteiger partial charge < -0.3 is 29.7 Å². The Morgan fingerprint density at radius 1 is 0.922 bits per heavy atom. The standard InChI is InChI=1S/C53H79ClN2O8/c1-32(2)43-38(57)29-53(41(58)31-55-30-33-11-12-34(54)27-39(33)63-26-23-56-21-24-62-25-22-56)20-18-49(7)35(44(43)53)13-14-40-50(49,8)17-19-52(10)48(5,6)42(15-16-51(40,52)9)64-46(61)37-28-36(45(59)60)47(37,3)4/h11-12,27,32,35-37,40-42,55,58H,13-26,28-31H2,1-10H3,(H,59,60)/t35-,36+,37-,40+,41+,42+,49-,50-,51-,52+,53+/m1/s1. The van der Waals surface area contributed by atoms with E-state index in [4.69, 9.17) is 25.8 Å². The molecule has 0 radical (unpaired) electrons. The van der Waals surface area contributed by atoms with Crippen LogP contribution in [0.15, 0.2) is 29.3 Å². The molecule has 10 nitrogen and oxygen atoms in total. The number of halogens is 1. The predicted octanol–water partition coefficient (Wildman–Crippen LogP) is 9.53. The summed E-state index contributed by atoms with van der Waals surface area (Å²) in [7, 11) is 0. The first-order chi connectivity index (χ1) is 30.0. The minimum absolute atomic E-state index is 0.00397. The minimum Gasteiger partial charge on any atom is -0.492 e. The van der Waals surface area contributed by atoms with Crippen molar-refractivity contribution in [3.05, 3.63) is 39.9 Å². The number of hydrogen-bond acceptors (Lipinski definition) is 9. The number of Topliss-reactive ketones (excluding diaryl/α,β-unsaturated/α-hetero) is 1. The van der Waals surface area contributed by atoms with Gasteiger partial charge in [-0.3, -0.25) is 19.3 Å². The van der Waals surface area contributed by atoms with Crippen molar-refractivity contribution in [1.82, 2.24) is 10.2 Å². The van der Waals surface area contributed by atoms with Gasteiger partial charge >= 0.3 is 11.9 Å². The number of aliphatic hydroxyl groups is 1. The van der Waals surface area contributed by atoms with E-state index in [1.54, 1.807) is 0 Å². The molecule has 1 saturated heterocycles. The Morgan fingerprint density at radius 2 is 1.62 bits per heavy atom. The van der Waals surface area contributed by atoms with Gasteiger partial charge in [-0.05, 0) is 120 Å². The second-order valence-corrected chi connectivity index (χ2v) is 24.3. The summed E-state index contributed by atoms with van der Waals surface area (Å²) in [6, 6.07) is 5.77. The second-order valence-electron chi connectivity index (χ2n) is 23.9. The van der Waals surface area contributed by atoms with E-state index in [2.05, 4.69) is 65.6 Å². The first-order valence-corrected chi connectivity index (χ1v) is 25.2. The summed E-state index contributed by atoms with van der Waals surface area (Å²) >= 11 is 6.45. The molecule has 1 heterocycles. The minimum atomic E-state index is -0.835. The lowest BCUT2D eigenvalue weighted by Crippen LogP contribution is -2.70. The molecule has 6 fully saturated rings. The normalized spacial score (nSPS) is 39.5. The highest BCUT2D eigenvalue weighted by Crippen LogP contribution is 2.80. The van der Waals surface area contributed by atoms with E-state index in [-0.39, 0.29) is 56.8 Å². The maximum atomic E-state index is 14.3. The second kappa shape index (κ2) is 16.9. The molecule has 1 aliphatic heterocycles. The van der Waals surface area contributed by atoms with Crippen molar-refractivity contribution in [2.24, 2.45) is 67.5 Å². The molecule has 11 heteroatoms. The van der Waals surface area contributed by atoms with Crippen LogP contribution in [0.25, 0.3) is 0 Å². The van der Waals surface area contributed by atoms with Crippen molar-refractivity contribution in [3.63, 3.8) is 0 Å². The average Bonchev–Trinajstić information content (AvgIpc) is 3.54. The molecule has 5 saturated carbocycles. The van der Waals surface area contributed by atoms with Gasteiger partial charge in [0.25, 0.3) is 0 Å². The predicted molar refractivity (Wildman–Crippen MR) is 249 cm³/mol. The van der Waals surface area contributed by atoms with Crippen LogP contribution in [0.5, 0.6) is 5.75 Å². The number of benzene rings is 1. The number of fused-ring (bicyclic) bond motifs is 7. The number of ketones is 1. The first-order valence-electron chi connectivity index (χ1n) is 24.8. The highest BCUT2D eigenvalue weighted by Gasteiger charge is 2.74. The first kappa shape index (κ1) is 48.0. The maximum Gasteiger partial charge on any atom is 0.309 e. The molecule has 0 unspecified atom stereocenters. The Bertz CT molecular complexity index is 2030. The number of carboxylic acids is 1. The molecule has 0 spiro atoms. The van der Waals surface area contributed by atoms with Crippen LogP contribution in [0.2, 0.25) is 5.02 Å². The molecular weight excluding hydrogens is 828 g/mol. The van der Waals surface area contributed by atoms with Crippen LogP contribution in [-0.4, -0.2) is 91.0 Å². The summed E-state index contributed by atoms with van der Waals surface area (Å²) in [6.07, 6.45) is 7.43. The molecule has 64 heavy (non-hydrogen) atoms. The fourth-order valence-electron chi connectivity index (χ4n) is 15.9. The van der Waals surface area contributed by atoms with E-state index in [0.29, 0.717) is 43.5 Å². The lowest BCUT2D eigenvalue weighted by atomic mass is 9.29. The molecule has 7 aliphatic rings. The van der Waals surface area contributed by atoms with E-state index in [1.807, 2.05) is 32.0 Å². The van der Waals surface area contributed by atoms with Crippen molar-refractivity contribution in [3.8, 4) is 5.75 Å². The van der Waals surface area contributed by atoms with Gasteiger partial charge in [-0.1, -0.05) is 92.5 Å². The fraction of sp³-hybridized carbons (Fsp3) is 0.792. The van der Waals surface area contributed by atoms with E-state index in [9.17, 15) is 24.6 Å². The molecule has 0 aromatic heterocycles.